The third-order valence-electron chi connectivity index (χ3n) is 2.20. The van der Waals surface area contributed by atoms with Crippen LogP contribution in [0, 0.1) is 0 Å². The number of benzene rings is 1. The fourth-order valence-corrected chi connectivity index (χ4v) is 2.04. The molecule has 0 bridgehead atoms. The molecule has 5 heteroatoms. The Morgan fingerprint density at radius 2 is 2.11 bits per heavy atom. The molecule has 0 unspecified atom stereocenters. The fourth-order valence-electron chi connectivity index (χ4n) is 1.33. The van der Waals surface area contributed by atoms with Gasteiger partial charge in [0.25, 0.3) is 0 Å². The van der Waals surface area contributed by atoms with Gasteiger partial charge in [-0.05, 0) is 18.2 Å². The van der Waals surface area contributed by atoms with E-state index < -0.39 is 0 Å². The van der Waals surface area contributed by atoms with Crippen molar-refractivity contribution in [1.29, 1.82) is 0 Å². The predicted octanol–water partition coefficient (Wildman–Crippen LogP) is 2.32. The van der Waals surface area contributed by atoms with Crippen LogP contribution in [0.2, 0.25) is 0 Å². The Kier molecular flexibility index (Phi) is 5.13. The molecule has 0 aliphatic heterocycles. The zero-order valence-electron chi connectivity index (χ0n) is 10.2. The summed E-state index contributed by atoms with van der Waals surface area (Å²) >= 11 is 1.48. The summed E-state index contributed by atoms with van der Waals surface area (Å²) < 4.78 is 0. The van der Waals surface area contributed by atoms with Gasteiger partial charge in [0.2, 0.25) is 5.91 Å². The summed E-state index contributed by atoms with van der Waals surface area (Å²) in [6, 6.07) is 13.5. The van der Waals surface area contributed by atoms with Crippen LogP contribution in [0.3, 0.4) is 0 Å². The summed E-state index contributed by atoms with van der Waals surface area (Å²) in [7, 11) is 0. The normalized spacial score (nSPS) is 10.5. The zero-order chi connectivity index (χ0) is 13.3. The van der Waals surface area contributed by atoms with Crippen LogP contribution < -0.4 is 5.43 Å². The van der Waals surface area contributed by atoms with E-state index in [1.165, 1.54) is 11.8 Å². The average Bonchev–Trinajstić information content (AvgIpc) is 2.47. The molecule has 0 spiro atoms. The first-order valence-electron chi connectivity index (χ1n) is 5.74. The number of hydrazone groups is 1. The maximum atomic E-state index is 11.5. The quantitative estimate of drug-likeness (QED) is 0.516. The molecule has 0 fully saturated rings. The van der Waals surface area contributed by atoms with Crippen LogP contribution >= 0.6 is 11.8 Å². The molecule has 4 nitrogen and oxygen atoms in total. The number of hydrogen-bond acceptors (Lipinski definition) is 4. The van der Waals surface area contributed by atoms with Crippen molar-refractivity contribution >= 4 is 23.9 Å². The van der Waals surface area contributed by atoms with E-state index in [4.69, 9.17) is 0 Å². The highest BCUT2D eigenvalue weighted by Gasteiger charge is 2.00. The minimum atomic E-state index is -0.131. The van der Waals surface area contributed by atoms with Gasteiger partial charge in [0, 0.05) is 22.9 Å². The van der Waals surface area contributed by atoms with Crippen molar-refractivity contribution in [3.05, 3.63) is 60.4 Å². The second-order valence-electron chi connectivity index (χ2n) is 3.68. The Labute approximate surface area is 116 Å². The standard InChI is InChI=1S/C14H13N3OS/c18-14(11-19-13-6-2-1-3-7-13)17-16-10-12-5-4-8-15-9-12/h1-10H,11H2,(H,17,18)/b16-10-. The van der Waals surface area contributed by atoms with Crippen LogP contribution in [-0.2, 0) is 4.79 Å². The van der Waals surface area contributed by atoms with Gasteiger partial charge in [0.15, 0.2) is 0 Å². The second kappa shape index (κ2) is 7.33. The number of hydrogen-bond donors (Lipinski definition) is 1. The van der Waals surface area contributed by atoms with Crippen LogP contribution in [0.15, 0.2) is 64.9 Å². The SMILES string of the molecule is O=C(CSc1ccccc1)N/N=C\c1cccnc1. The summed E-state index contributed by atoms with van der Waals surface area (Å²) in [5, 5.41) is 3.88. The Bertz CT molecular complexity index is 543. The van der Waals surface area contributed by atoms with E-state index in [9.17, 15) is 4.79 Å². The molecule has 19 heavy (non-hydrogen) atoms. The summed E-state index contributed by atoms with van der Waals surface area (Å²) in [5.41, 5.74) is 3.33. The number of rotatable bonds is 5. The highest BCUT2D eigenvalue weighted by molar-refractivity contribution is 8.00. The van der Waals surface area contributed by atoms with Gasteiger partial charge in [-0.1, -0.05) is 24.3 Å². The predicted molar refractivity (Wildman–Crippen MR) is 77.1 cm³/mol. The topological polar surface area (TPSA) is 54.4 Å². The monoisotopic (exact) mass is 271 g/mol. The molecule has 1 heterocycles. The molecule has 1 aromatic carbocycles. The molecule has 0 atom stereocenters. The van der Waals surface area contributed by atoms with E-state index >= 15 is 0 Å². The van der Waals surface area contributed by atoms with Gasteiger partial charge in [0.05, 0.1) is 12.0 Å². The van der Waals surface area contributed by atoms with Crippen molar-refractivity contribution in [3.8, 4) is 0 Å². The lowest BCUT2D eigenvalue weighted by Gasteiger charge is -2.00. The van der Waals surface area contributed by atoms with Crippen LogP contribution in [0.25, 0.3) is 0 Å². The summed E-state index contributed by atoms with van der Waals surface area (Å²) in [6.07, 6.45) is 4.93. The van der Waals surface area contributed by atoms with Crippen molar-refractivity contribution in [2.75, 3.05) is 5.75 Å². The molecule has 0 radical (unpaired) electrons. The van der Waals surface area contributed by atoms with Gasteiger partial charge in [-0.15, -0.1) is 11.8 Å². The van der Waals surface area contributed by atoms with Gasteiger partial charge in [-0.2, -0.15) is 5.10 Å². The molecule has 1 aromatic heterocycles. The largest absolute Gasteiger partial charge is 0.272 e. The van der Waals surface area contributed by atoms with Crippen LogP contribution in [0.5, 0.6) is 0 Å². The van der Waals surface area contributed by atoms with Gasteiger partial charge in [0.1, 0.15) is 0 Å². The molecular formula is C14H13N3OS. The van der Waals surface area contributed by atoms with Gasteiger partial charge in [-0.3, -0.25) is 9.78 Å². The van der Waals surface area contributed by atoms with Gasteiger partial charge >= 0.3 is 0 Å². The van der Waals surface area contributed by atoms with E-state index in [1.807, 2.05) is 42.5 Å². The highest BCUT2D eigenvalue weighted by atomic mass is 32.2. The van der Waals surface area contributed by atoms with Crippen LogP contribution in [-0.4, -0.2) is 22.9 Å². The number of thioether (sulfide) groups is 1. The lowest BCUT2D eigenvalue weighted by atomic mass is 10.3. The number of pyridine rings is 1. The Balaban J connectivity index is 1.75. The van der Waals surface area contributed by atoms with E-state index in [0.29, 0.717) is 5.75 Å². The number of carbonyl (C=O) groups is 1. The van der Waals surface area contributed by atoms with Gasteiger partial charge < -0.3 is 0 Å². The minimum Gasteiger partial charge on any atom is -0.272 e. The Hall–Kier alpha value is -2.14. The number of carbonyl (C=O) groups excluding carboxylic acids is 1. The molecule has 0 aliphatic carbocycles. The molecular weight excluding hydrogens is 258 g/mol. The second-order valence-corrected chi connectivity index (χ2v) is 4.73. The average molecular weight is 271 g/mol. The molecule has 2 aromatic rings. The first-order chi connectivity index (χ1) is 9.34. The molecule has 0 saturated carbocycles. The van der Waals surface area contributed by atoms with Crippen molar-refractivity contribution in [1.82, 2.24) is 10.4 Å². The number of amides is 1. The maximum Gasteiger partial charge on any atom is 0.250 e. The Morgan fingerprint density at radius 3 is 2.84 bits per heavy atom. The van der Waals surface area contributed by atoms with E-state index in [2.05, 4.69) is 15.5 Å². The molecule has 96 valence electrons. The van der Waals surface area contributed by atoms with Crippen molar-refractivity contribution < 1.29 is 4.79 Å². The zero-order valence-corrected chi connectivity index (χ0v) is 11.0. The van der Waals surface area contributed by atoms with Crippen molar-refractivity contribution in [3.63, 3.8) is 0 Å². The number of nitrogens with zero attached hydrogens (tertiary/aromatic N) is 2. The fraction of sp³-hybridized carbons (Fsp3) is 0.0714. The summed E-state index contributed by atoms with van der Waals surface area (Å²) in [5.74, 6) is 0.211. The van der Waals surface area contributed by atoms with E-state index in [0.717, 1.165) is 10.5 Å². The molecule has 1 N–H and O–H groups in total. The third kappa shape index (κ3) is 4.93. The van der Waals surface area contributed by atoms with Crippen molar-refractivity contribution in [2.24, 2.45) is 5.10 Å². The molecule has 0 aliphatic rings. The van der Waals surface area contributed by atoms with Crippen molar-refractivity contribution in [2.45, 2.75) is 4.90 Å². The summed E-state index contributed by atoms with van der Waals surface area (Å²) in [6.45, 7) is 0. The number of nitrogens with one attached hydrogen (secondary N) is 1. The highest BCUT2D eigenvalue weighted by Crippen LogP contribution is 2.15. The first kappa shape index (κ1) is 13.3. The Morgan fingerprint density at radius 1 is 1.26 bits per heavy atom. The first-order valence-corrected chi connectivity index (χ1v) is 6.73. The number of aromatic nitrogens is 1. The summed E-state index contributed by atoms with van der Waals surface area (Å²) in [4.78, 5) is 16.6. The molecule has 1 amide bonds. The molecule has 0 saturated heterocycles. The molecule has 2 rings (SSSR count). The lowest BCUT2D eigenvalue weighted by Crippen LogP contribution is -2.19. The van der Waals surface area contributed by atoms with Crippen LogP contribution in [0.1, 0.15) is 5.56 Å². The van der Waals surface area contributed by atoms with E-state index in [-0.39, 0.29) is 5.91 Å². The third-order valence-corrected chi connectivity index (χ3v) is 3.21. The maximum absolute atomic E-state index is 11.5. The minimum absolute atomic E-state index is 0.131. The van der Waals surface area contributed by atoms with Crippen LogP contribution in [0.4, 0.5) is 0 Å². The lowest BCUT2D eigenvalue weighted by molar-refractivity contribution is -0.118. The van der Waals surface area contributed by atoms with Gasteiger partial charge in [-0.25, -0.2) is 5.43 Å². The smallest absolute Gasteiger partial charge is 0.250 e. The van der Waals surface area contributed by atoms with E-state index in [1.54, 1.807) is 18.6 Å².